The van der Waals surface area contributed by atoms with Gasteiger partial charge in [0.1, 0.15) is 11.3 Å². The number of hydrogen-bond acceptors (Lipinski definition) is 5. The van der Waals surface area contributed by atoms with Crippen LogP contribution in [0.2, 0.25) is 0 Å². The standard InChI is InChI=1S/C25H21BrN2O4/c1-13-11-19(27-32-13)28-21(14-5-7-15(8-6-14)25(2,3)4)20-22(29)17-12-16(26)9-10-18(17)31-23(20)24(28)30/h5-12,21H,1-4H3. The molecule has 0 spiro atoms. The second-order valence-corrected chi connectivity index (χ2v) is 9.98. The lowest BCUT2D eigenvalue weighted by molar-refractivity contribution is 0.0969. The molecule has 6 nitrogen and oxygen atoms in total. The number of benzene rings is 2. The van der Waals surface area contributed by atoms with E-state index < -0.39 is 11.9 Å². The van der Waals surface area contributed by atoms with E-state index in [0.717, 1.165) is 15.6 Å². The molecule has 7 heteroatoms. The molecule has 32 heavy (non-hydrogen) atoms. The van der Waals surface area contributed by atoms with Crippen LogP contribution in [-0.2, 0) is 5.41 Å². The largest absolute Gasteiger partial charge is 0.450 e. The van der Waals surface area contributed by atoms with Crippen molar-refractivity contribution in [2.75, 3.05) is 4.90 Å². The number of hydrogen-bond donors (Lipinski definition) is 0. The number of anilines is 1. The van der Waals surface area contributed by atoms with Crippen molar-refractivity contribution in [3.05, 3.63) is 91.4 Å². The number of aromatic nitrogens is 1. The molecule has 4 aromatic rings. The van der Waals surface area contributed by atoms with E-state index in [2.05, 4.69) is 41.9 Å². The summed E-state index contributed by atoms with van der Waals surface area (Å²) in [4.78, 5) is 28.6. The predicted molar refractivity (Wildman–Crippen MR) is 125 cm³/mol. The second kappa shape index (κ2) is 7.17. The van der Waals surface area contributed by atoms with Crippen LogP contribution in [0, 0.1) is 6.92 Å². The average molecular weight is 493 g/mol. The van der Waals surface area contributed by atoms with E-state index in [9.17, 15) is 9.59 Å². The minimum Gasteiger partial charge on any atom is -0.450 e. The third-order valence-electron chi connectivity index (χ3n) is 5.79. The minimum atomic E-state index is -0.671. The van der Waals surface area contributed by atoms with Crippen molar-refractivity contribution in [3.63, 3.8) is 0 Å². The first kappa shape index (κ1) is 20.7. The van der Waals surface area contributed by atoms with Crippen LogP contribution in [0.3, 0.4) is 0 Å². The molecule has 1 amide bonds. The van der Waals surface area contributed by atoms with E-state index in [1.807, 2.05) is 24.3 Å². The smallest absolute Gasteiger partial charge is 0.296 e. The molecule has 1 aliphatic heterocycles. The van der Waals surface area contributed by atoms with Gasteiger partial charge in [-0.25, -0.2) is 0 Å². The van der Waals surface area contributed by atoms with Crippen LogP contribution in [0.15, 0.2) is 66.7 Å². The molecule has 1 unspecified atom stereocenters. The molecule has 5 rings (SSSR count). The van der Waals surface area contributed by atoms with Crippen LogP contribution in [0.4, 0.5) is 5.82 Å². The molecule has 162 valence electrons. The Hall–Kier alpha value is -3.19. The van der Waals surface area contributed by atoms with Crippen molar-refractivity contribution in [2.45, 2.75) is 39.2 Å². The van der Waals surface area contributed by atoms with E-state index in [0.29, 0.717) is 28.1 Å². The highest BCUT2D eigenvalue weighted by atomic mass is 79.9. The summed E-state index contributed by atoms with van der Waals surface area (Å²) in [6.45, 7) is 8.17. The molecule has 2 aromatic carbocycles. The van der Waals surface area contributed by atoms with Gasteiger partial charge in [0, 0.05) is 10.5 Å². The van der Waals surface area contributed by atoms with Gasteiger partial charge in [-0.3, -0.25) is 14.5 Å². The van der Waals surface area contributed by atoms with Crippen LogP contribution in [-0.4, -0.2) is 11.1 Å². The number of fused-ring (bicyclic) bond motifs is 2. The van der Waals surface area contributed by atoms with Crippen molar-refractivity contribution in [1.82, 2.24) is 5.16 Å². The maximum absolute atomic E-state index is 13.6. The van der Waals surface area contributed by atoms with Crippen molar-refractivity contribution in [2.24, 2.45) is 0 Å². The molecule has 0 N–H and O–H groups in total. The van der Waals surface area contributed by atoms with Crippen LogP contribution in [0.25, 0.3) is 11.0 Å². The molecule has 3 heterocycles. The van der Waals surface area contributed by atoms with Gasteiger partial charge in [0.05, 0.1) is 17.0 Å². The first-order chi connectivity index (χ1) is 15.1. The van der Waals surface area contributed by atoms with Gasteiger partial charge in [0.25, 0.3) is 5.91 Å². The molecule has 1 atom stereocenters. The van der Waals surface area contributed by atoms with Gasteiger partial charge in [-0.05, 0) is 41.7 Å². The van der Waals surface area contributed by atoms with Crippen molar-refractivity contribution in [3.8, 4) is 0 Å². The van der Waals surface area contributed by atoms with Crippen molar-refractivity contribution in [1.29, 1.82) is 0 Å². The van der Waals surface area contributed by atoms with E-state index in [1.54, 1.807) is 31.2 Å². The highest BCUT2D eigenvalue weighted by Gasteiger charge is 2.45. The zero-order valence-corrected chi connectivity index (χ0v) is 19.7. The van der Waals surface area contributed by atoms with Crippen molar-refractivity contribution < 1.29 is 13.7 Å². The van der Waals surface area contributed by atoms with Gasteiger partial charge in [0.15, 0.2) is 11.2 Å². The highest BCUT2D eigenvalue weighted by Crippen LogP contribution is 2.41. The molecule has 0 aliphatic carbocycles. The number of carbonyl (C=O) groups excluding carboxylic acids is 1. The van der Waals surface area contributed by atoms with Crippen LogP contribution >= 0.6 is 15.9 Å². The number of halogens is 1. The average Bonchev–Trinajstić information content (AvgIpc) is 3.29. The van der Waals surface area contributed by atoms with Gasteiger partial charge in [-0.15, -0.1) is 0 Å². The fourth-order valence-electron chi connectivity index (χ4n) is 4.13. The molecule has 0 bridgehead atoms. The van der Waals surface area contributed by atoms with Gasteiger partial charge >= 0.3 is 0 Å². The summed E-state index contributed by atoms with van der Waals surface area (Å²) < 4.78 is 12.0. The maximum Gasteiger partial charge on any atom is 0.296 e. The van der Waals surface area contributed by atoms with Gasteiger partial charge in [0.2, 0.25) is 5.76 Å². The first-order valence-electron chi connectivity index (χ1n) is 10.3. The fourth-order valence-corrected chi connectivity index (χ4v) is 4.49. The summed E-state index contributed by atoms with van der Waals surface area (Å²) in [6, 6.07) is 14.2. The Morgan fingerprint density at radius 2 is 1.75 bits per heavy atom. The third-order valence-corrected chi connectivity index (χ3v) is 6.28. The van der Waals surface area contributed by atoms with E-state index in [1.165, 1.54) is 4.90 Å². The SMILES string of the molecule is Cc1cc(N2C(=O)c3oc4ccc(Br)cc4c(=O)c3C2c2ccc(C(C)(C)C)cc2)no1. The minimum absolute atomic E-state index is 0.0215. The Balaban J connectivity index is 1.77. The van der Waals surface area contributed by atoms with Gasteiger partial charge < -0.3 is 8.94 Å². The fraction of sp³-hybridized carbons (Fsp3) is 0.240. The molecular weight excluding hydrogens is 472 g/mol. The Morgan fingerprint density at radius 3 is 2.38 bits per heavy atom. The summed E-state index contributed by atoms with van der Waals surface area (Å²) in [7, 11) is 0. The zero-order valence-electron chi connectivity index (χ0n) is 18.1. The molecule has 0 radical (unpaired) electrons. The molecule has 0 fully saturated rings. The number of carbonyl (C=O) groups is 1. The topological polar surface area (TPSA) is 76.6 Å². The van der Waals surface area contributed by atoms with Crippen LogP contribution < -0.4 is 10.3 Å². The summed E-state index contributed by atoms with van der Waals surface area (Å²) in [6.07, 6.45) is 0. The molecule has 2 aromatic heterocycles. The molecule has 0 saturated heterocycles. The first-order valence-corrected chi connectivity index (χ1v) is 11.1. The molecule has 0 saturated carbocycles. The number of rotatable bonds is 2. The number of aryl methyl sites for hydroxylation is 1. The third kappa shape index (κ3) is 3.19. The lowest BCUT2D eigenvalue weighted by Gasteiger charge is -2.24. The van der Waals surface area contributed by atoms with Crippen LogP contribution in [0.5, 0.6) is 0 Å². The van der Waals surface area contributed by atoms with Crippen LogP contribution in [0.1, 0.15) is 59.8 Å². The van der Waals surface area contributed by atoms with Gasteiger partial charge in [-0.2, -0.15) is 0 Å². The summed E-state index contributed by atoms with van der Waals surface area (Å²) in [5.41, 5.74) is 2.38. The Labute approximate surface area is 192 Å². The lowest BCUT2D eigenvalue weighted by atomic mass is 9.86. The highest BCUT2D eigenvalue weighted by molar-refractivity contribution is 9.10. The summed E-state index contributed by atoms with van der Waals surface area (Å²) >= 11 is 3.42. The Morgan fingerprint density at radius 1 is 1.03 bits per heavy atom. The lowest BCUT2D eigenvalue weighted by Crippen LogP contribution is -2.29. The Kier molecular flexibility index (Phi) is 4.64. The number of nitrogens with zero attached hydrogens (tertiary/aromatic N) is 2. The van der Waals surface area contributed by atoms with Crippen molar-refractivity contribution >= 4 is 38.6 Å². The normalized spacial score (nSPS) is 16.1. The molecule has 1 aliphatic rings. The molecular formula is C25H21BrN2O4. The van der Waals surface area contributed by atoms with E-state index >= 15 is 0 Å². The predicted octanol–water partition coefficient (Wildman–Crippen LogP) is 5.90. The maximum atomic E-state index is 13.6. The Bertz CT molecular complexity index is 1430. The zero-order chi connectivity index (χ0) is 22.8. The van der Waals surface area contributed by atoms with E-state index in [-0.39, 0.29) is 16.6 Å². The van der Waals surface area contributed by atoms with E-state index in [4.69, 9.17) is 8.94 Å². The summed E-state index contributed by atoms with van der Waals surface area (Å²) in [5, 5.41) is 4.47. The second-order valence-electron chi connectivity index (χ2n) is 9.06. The monoisotopic (exact) mass is 492 g/mol. The summed E-state index contributed by atoms with van der Waals surface area (Å²) in [5.74, 6) is 0.530. The number of amides is 1. The van der Waals surface area contributed by atoms with Gasteiger partial charge in [-0.1, -0.05) is 66.1 Å². The quantitative estimate of drug-likeness (QED) is 0.348.